The van der Waals surface area contributed by atoms with E-state index >= 15 is 0 Å². The number of halogens is 1. The van der Waals surface area contributed by atoms with Crippen molar-refractivity contribution in [3.63, 3.8) is 0 Å². The minimum Gasteiger partial charge on any atom is -0.497 e. The lowest BCUT2D eigenvalue weighted by Crippen LogP contribution is -1.97. The van der Waals surface area contributed by atoms with Gasteiger partial charge in [-0.05, 0) is 24.6 Å². The van der Waals surface area contributed by atoms with Crippen LogP contribution in [0.4, 0.5) is 0 Å². The van der Waals surface area contributed by atoms with Crippen molar-refractivity contribution in [3.05, 3.63) is 47.6 Å². The van der Waals surface area contributed by atoms with Crippen LogP contribution in [0.3, 0.4) is 0 Å². The zero-order valence-electron chi connectivity index (χ0n) is 10.9. The number of benzene rings is 1. The highest BCUT2D eigenvalue weighted by Gasteiger charge is 2.06. The van der Waals surface area contributed by atoms with Crippen molar-refractivity contribution in [2.24, 2.45) is 0 Å². The van der Waals surface area contributed by atoms with Crippen LogP contribution in [-0.2, 0) is 11.3 Å². The van der Waals surface area contributed by atoms with Gasteiger partial charge in [0.25, 0.3) is 0 Å². The number of fused-ring (bicyclic) bond motifs is 1. The van der Waals surface area contributed by atoms with Crippen molar-refractivity contribution in [3.8, 4) is 5.75 Å². The zero-order valence-corrected chi connectivity index (χ0v) is 11.6. The first-order valence-electron chi connectivity index (χ1n) is 6.06. The molecule has 100 valence electrons. The quantitative estimate of drug-likeness (QED) is 0.454. The van der Waals surface area contributed by atoms with Gasteiger partial charge in [-0.3, -0.25) is 0 Å². The molecule has 1 aromatic heterocycles. The van der Waals surface area contributed by atoms with E-state index in [2.05, 4.69) is 11.6 Å². The number of nitrogens with zero attached hydrogens (tertiary/aromatic N) is 1. The molecule has 0 unspecified atom stereocenters. The van der Waals surface area contributed by atoms with Crippen LogP contribution in [0.25, 0.3) is 10.9 Å². The molecular formula is C15H16ClNO2. The molecule has 3 nitrogen and oxygen atoms in total. The Morgan fingerprint density at radius 3 is 2.95 bits per heavy atom. The number of methoxy groups -OCH3 is 1. The SMILES string of the molecule is C=CCCOCc1cc2ccc(OC)cc2nc1Cl. The average molecular weight is 278 g/mol. The Labute approximate surface area is 117 Å². The molecule has 0 radical (unpaired) electrons. The summed E-state index contributed by atoms with van der Waals surface area (Å²) in [6, 6.07) is 7.73. The van der Waals surface area contributed by atoms with Crippen LogP contribution in [0.15, 0.2) is 36.9 Å². The predicted octanol–water partition coefficient (Wildman–Crippen LogP) is 3.99. The molecule has 0 spiro atoms. The summed E-state index contributed by atoms with van der Waals surface area (Å²) < 4.78 is 10.7. The van der Waals surface area contributed by atoms with E-state index in [1.807, 2.05) is 30.3 Å². The number of rotatable bonds is 6. The van der Waals surface area contributed by atoms with E-state index in [9.17, 15) is 0 Å². The van der Waals surface area contributed by atoms with Gasteiger partial charge in [0.15, 0.2) is 0 Å². The molecule has 0 N–H and O–H groups in total. The van der Waals surface area contributed by atoms with E-state index in [0.29, 0.717) is 18.4 Å². The smallest absolute Gasteiger partial charge is 0.135 e. The van der Waals surface area contributed by atoms with Crippen LogP contribution in [0.5, 0.6) is 5.75 Å². The van der Waals surface area contributed by atoms with Gasteiger partial charge in [-0.15, -0.1) is 6.58 Å². The molecule has 0 saturated heterocycles. The third-order valence-corrected chi connectivity index (χ3v) is 3.10. The van der Waals surface area contributed by atoms with E-state index in [1.165, 1.54) is 0 Å². The Morgan fingerprint density at radius 2 is 2.21 bits per heavy atom. The summed E-state index contributed by atoms with van der Waals surface area (Å²) in [6.45, 7) is 4.75. The van der Waals surface area contributed by atoms with E-state index in [4.69, 9.17) is 21.1 Å². The molecule has 0 atom stereocenters. The van der Waals surface area contributed by atoms with Crippen LogP contribution < -0.4 is 4.74 Å². The highest BCUT2D eigenvalue weighted by atomic mass is 35.5. The summed E-state index contributed by atoms with van der Waals surface area (Å²) in [6.07, 6.45) is 2.66. The molecule has 2 aromatic rings. The van der Waals surface area contributed by atoms with Gasteiger partial charge in [0, 0.05) is 17.0 Å². The number of aromatic nitrogens is 1. The fraction of sp³-hybridized carbons (Fsp3) is 0.267. The van der Waals surface area contributed by atoms with Crippen molar-refractivity contribution in [2.45, 2.75) is 13.0 Å². The molecule has 0 fully saturated rings. The molecule has 19 heavy (non-hydrogen) atoms. The first-order chi connectivity index (χ1) is 9.24. The lowest BCUT2D eigenvalue weighted by Gasteiger charge is -2.08. The predicted molar refractivity (Wildman–Crippen MR) is 77.8 cm³/mol. The second-order valence-corrected chi connectivity index (χ2v) is 4.48. The van der Waals surface area contributed by atoms with Crippen molar-refractivity contribution in [2.75, 3.05) is 13.7 Å². The number of hydrogen-bond acceptors (Lipinski definition) is 3. The van der Waals surface area contributed by atoms with Crippen LogP contribution >= 0.6 is 11.6 Å². The lowest BCUT2D eigenvalue weighted by atomic mass is 10.1. The highest BCUT2D eigenvalue weighted by molar-refractivity contribution is 6.30. The Morgan fingerprint density at radius 1 is 1.37 bits per heavy atom. The van der Waals surface area contributed by atoms with Crippen molar-refractivity contribution in [1.29, 1.82) is 0 Å². The molecule has 0 saturated carbocycles. The van der Waals surface area contributed by atoms with Gasteiger partial charge in [-0.25, -0.2) is 4.98 Å². The summed E-state index contributed by atoms with van der Waals surface area (Å²) in [4.78, 5) is 4.37. The Hall–Kier alpha value is -1.58. The Balaban J connectivity index is 2.21. The molecule has 1 heterocycles. The van der Waals surface area contributed by atoms with Gasteiger partial charge < -0.3 is 9.47 Å². The van der Waals surface area contributed by atoms with Crippen molar-refractivity contribution >= 4 is 22.5 Å². The minimum absolute atomic E-state index is 0.460. The van der Waals surface area contributed by atoms with Crippen molar-refractivity contribution in [1.82, 2.24) is 4.98 Å². The fourth-order valence-electron chi connectivity index (χ4n) is 1.74. The minimum atomic E-state index is 0.460. The number of ether oxygens (including phenoxy) is 2. The Bertz CT molecular complexity index is 584. The number of pyridine rings is 1. The van der Waals surface area contributed by atoms with Gasteiger partial charge >= 0.3 is 0 Å². The van der Waals surface area contributed by atoms with Crippen molar-refractivity contribution < 1.29 is 9.47 Å². The molecule has 0 aliphatic heterocycles. The van der Waals surface area contributed by atoms with Gasteiger partial charge in [0.1, 0.15) is 10.9 Å². The molecule has 4 heteroatoms. The lowest BCUT2D eigenvalue weighted by molar-refractivity contribution is 0.125. The third kappa shape index (κ3) is 3.46. The van der Waals surface area contributed by atoms with Gasteiger partial charge in [0.05, 0.1) is 25.8 Å². The summed E-state index contributed by atoms with van der Waals surface area (Å²) in [5.41, 5.74) is 1.71. The molecule has 1 aromatic carbocycles. The monoisotopic (exact) mass is 277 g/mol. The first-order valence-corrected chi connectivity index (χ1v) is 6.44. The topological polar surface area (TPSA) is 31.4 Å². The molecule has 0 bridgehead atoms. The largest absolute Gasteiger partial charge is 0.497 e. The standard InChI is InChI=1S/C15H16ClNO2/c1-3-4-7-19-10-12-8-11-5-6-13(18-2)9-14(11)17-15(12)16/h3,5-6,8-9H,1,4,7,10H2,2H3. The molecule has 0 amide bonds. The summed E-state index contributed by atoms with van der Waals surface area (Å²) in [5.74, 6) is 0.769. The number of hydrogen-bond donors (Lipinski definition) is 0. The molecule has 2 rings (SSSR count). The zero-order chi connectivity index (χ0) is 13.7. The third-order valence-electron chi connectivity index (χ3n) is 2.77. The maximum absolute atomic E-state index is 6.16. The van der Waals surface area contributed by atoms with Gasteiger partial charge in [0.2, 0.25) is 0 Å². The van der Waals surface area contributed by atoms with Crippen LogP contribution in [0.1, 0.15) is 12.0 Å². The van der Waals surface area contributed by atoms with E-state index in [1.54, 1.807) is 7.11 Å². The normalized spacial score (nSPS) is 10.6. The van der Waals surface area contributed by atoms with Crippen LogP contribution in [0, 0.1) is 0 Å². The average Bonchev–Trinajstić information content (AvgIpc) is 2.43. The maximum atomic E-state index is 6.16. The fourth-order valence-corrected chi connectivity index (χ4v) is 1.94. The van der Waals surface area contributed by atoms with E-state index < -0.39 is 0 Å². The summed E-state index contributed by atoms with van der Waals surface area (Å²) >= 11 is 6.16. The summed E-state index contributed by atoms with van der Waals surface area (Å²) in [5, 5.41) is 1.49. The second kappa shape index (κ2) is 6.55. The van der Waals surface area contributed by atoms with E-state index in [0.717, 1.165) is 28.6 Å². The molecule has 0 aliphatic carbocycles. The molecular weight excluding hydrogens is 262 g/mol. The maximum Gasteiger partial charge on any atom is 0.135 e. The second-order valence-electron chi connectivity index (χ2n) is 4.13. The van der Waals surface area contributed by atoms with Gasteiger partial charge in [-0.2, -0.15) is 0 Å². The highest BCUT2D eigenvalue weighted by Crippen LogP contribution is 2.24. The first kappa shape index (κ1) is 13.8. The summed E-state index contributed by atoms with van der Waals surface area (Å²) in [7, 11) is 1.63. The van der Waals surface area contributed by atoms with E-state index in [-0.39, 0.29) is 0 Å². The molecule has 0 aliphatic rings. The Kier molecular flexibility index (Phi) is 4.77. The van der Waals surface area contributed by atoms with Gasteiger partial charge in [-0.1, -0.05) is 17.7 Å². The van der Waals surface area contributed by atoms with Crippen LogP contribution in [-0.4, -0.2) is 18.7 Å². The van der Waals surface area contributed by atoms with Crippen LogP contribution in [0.2, 0.25) is 5.15 Å².